The predicted molar refractivity (Wildman–Crippen MR) is 85.5 cm³/mol. The lowest BCUT2D eigenvalue weighted by atomic mass is 10.0. The van der Waals surface area contributed by atoms with Crippen molar-refractivity contribution in [2.75, 3.05) is 0 Å². The third-order valence-electron chi connectivity index (χ3n) is 3.83. The summed E-state index contributed by atoms with van der Waals surface area (Å²) in [5.74, 6) is -0.430. The van der Waals surface area contributed by atoms with Gasteiger partial charge in [-0.2, -0.15) is 0 Å². The molecule has 1 amide bonds. The van der Waals surface area contributed by atoms with Crippen molar-refractivity contribution in [2.45, 2.75) is 58.7 Å². The number of Topliss-reactive ketones (excluding diaryl/α,β-unsaturated/α-hetero) is 1. The van der Waals surface area contributed by atoms with E-state index >= 15 is 0 Å². The molecule has 1 aliphatic rings. The molecule has 0 saturated carbocycles. The number of hydrogen-bond acceptors (Lipinski definition) is 3. The van der Waals surface area contributed by atoms with E-state index in [-0.39, 0.29) is 23.9 Å². The molecule has 1 saturated heterocycles. The van der Waals surface area contributed by atoms with Gasteiger partial charge >= 0.3 is 6.09 Å². The number of hydrogen-bond donors (Lipinski definition) is 0. The van der Waals surface area contributed by atoms with E-state index in [4.69, 9.17) is 4.74 Å². The third-order valence-corrected chi connectivity index (χ3v) is 3.83. The van der Waals surface area contributed by atoms with Crippen LogP contribution in [-0.2, 0) is 9.53 Å². The lowest BCUT2D eigenvalue weighted by Gasteiger charge is -2.33. The first-order valence-corrected chi connectivity index (χ1v) is 7.89. The molecule has 1 aliphatic heterocycles. The van der Waals surface area contributed by atoms with Crippen LogP contribution >= 0.6 is 0 Å². The van der Waals surface area contributed by atoms with Gasteiger partial charge in [0.25, 0.3) is 0 Å². The van der Waals surface area contributed by atoms with Crippen molar-refractivity contribution in [3.8, 4) is 0 Å². The van der Waals surface area contributed by atoms with E-state index in [0.29, 0.717) is 5.56 Å². The number of halogens is 1. The number of nitrogens with zero attached hydrogens (tertiary/aromatic N) is 1. The van der Waals surface area contributed by atoms with Gasteiger partial charge in [-0.1, -0.05) is 26.0 Å². The summed E-state index contributed by atoms with van der Waals surface area (Å²) in [7, 11) is 0. The molecule has 0 aliphatic carbocycles. The maximum atomic E-state index is 13.6. The number of benzene rings is 1. The van der Waals surface area contributed by atoms with Crippen LogP contribution in [0.25, 0.3) is 0 Å². The Kier molecular flexibility index (Phi) is 4.78. The second-order valence-corrected chi connectivity index (χ2v) is 7.32. The second-order valence-electron chi connectivity index (χ2n) is 7.32. The molecule has 0 bridgehead atoms. The highest BCUT2D eigenvalue weighted by Gasteiger charge is 2.46. The predicted octanol–water partition coefficient (Wildman–Crippen LogP) is 4.10. The van der Waals surface area contributed by atoms with Gasteiger partial charge in [-0.3, -0.25) is 9.69 Å². The summed E-state index contributed by atoms with van der Waals surface area (Å²) in [6.45, 7) is 9.14. The van der Waals surface area contributed by atoms with Gasteiger partial charge in [-0.05, 0) is 44.4 Å². The van der Waals surface area contributed by atoms with Gasteiger partial charge in [0.1, 0.15) is 11.4 Å². The molecule has 0 N–H and O–H groups in total. The Morgan fingerprint density at radius 2 is 2.00 bits per heavy atom. The van der Waals surface area contributed by atoms with E-state index in [9.17, 15) is 14.0 Å². The van der Waals surface area contributed by atoms with Crippen molar-refractivity contribution in [1.29, 1.82) is 0 Å². The SMILES string of the molecule is CC(C)C1C(=O)CC(c2cccc(F)c2)N1C(=O)OC(C)(C)C. The van der Waals surface area contributed by atoms with Gasteiger partial charge in [0.15, 0.2) is 5.78 Å². The molecule has 1 aromatic rings. The molecule has 2 rings (SSSR count). The highest BCUT2D eigenvalue weighted by atomic mass is 19.1. The largest absolute Gasteiger partial charge is 0.444 e. The van der Waals surface area contributed by atoms with Crippen molar-refractivity contribution in [2.24, 2.45) is 5.92 Å². The minimum atomic E-state index is -0.656. The Bertz CT molecular complexity index is 607. The lowest BCUT2D eigenvalue weighted by molar-refractivity contribution is -0.121. The van der Waals surface area contributed by atoms with Crippen molar-refractivity contribution in [3.05, 3.63) is 35.6 Å². The summed E-state index contributed by atoms with van der Waals surface area (Å²) < 4.78 is 19.0. The summed E-state index contributed by atoms with van der Waals surface area (Å²) in [6, 6.07) is 5.01. The zero-order valence-electron chi connectivity index (χ0n) is 14.3. The monoisotopic (exact) mass is 321 g/mol. The molecule has 0 aromatic heterocycles. The Morgan fingerprint density at radius 3 is 2.52 bits per heavy atom. The molecular formula is C18H24FNO3. The summed E-state index contributed by atoms with van der Waals surface area (Å²) in [6.07, 6.45) is -0.345. The first-order chi connectivity index (χ1) is 10.6. The van der Waals surface area contributed by atoms with E-state index in [1.165, 1.54) is 17.0 Å². The fourth-order valence-electron chi connectivity index (χ4n) is 3.00. The summed E-state index contributed by atoms with van der Waals surface area (Å²) in [5.41, 5.74) is -0.0381. The van der Waals surface area contributed by atoms with E-state index in [1.807, 2.05) is 13.8 Å². The molecule has 1 fully saturated rings. The molecule has 126 valence electrons. The Labute approximate surface area is 136 Å². The fourth-order valence-corrected chi connectivity index (χ4v) is 3.00. The smallest absolute Gasteiger partial charge is 0.411 e. The van der Waals surface area contributed by atoms with Crippen LogP contribution in [0, 0.1) is 11.7 Å². The number of carbonyl (C=O) groups excluding carboxylic acids is 2. The third kappa shape index (κ3) is 3.89. The average molecular weight is 321 g/mol. The summed E-state index contributed by atoms with van der Waals surface area (Å²) in [4.78, 5) is 26.5. The number of likely N-dealkylation sites (tertiary alicyclic amines) is 1. The van der Waals surface area contributed by atoms with Crippen LogP contribution in [0.1, 0.15) is 52.6 Å². The van der Waals surface area contributed by atoms with E-state index in [1.54, 1.807) is 32.9 Å². The van der Waals surface area contributed by atoms with E-state index in [2.05, 4.69) is 0 Å². The molecule has 1 aromatic carbocycles. The molecule has 0 spiro atoms. The zero-order chi connectivity index (χ0) is 17.4. The molecule has 4 nitrogen and oxygen atoms in total. The minimum Gasteiger partial charge on any atom is -0.444 e. The van der Waals surface area contributed by atoms with Crippen molar-refractivity contribution < 1.29 is 18.7 Å². The Hall–Kier alpha value is -1.91. The van der Waals surface area contributed by atoms with Crippen molar-refractivity contribution in [1.82, 2.24) is 4.90 Å². The molecule has 2 atom stereocenters. The highest BCUT2D eigenvalue weighted by molar-refractivity contribution is 5.92. The van der Waals surface area contributed by atoms with E-state index in [0.717, 1.165) is 0 Å². The number of amides is 1. The van der Waals surface area contributed by atoms with Gasteiger partial charge in [0, 0.05) is 6.42 Å². The van der Waals surface area contributed by atoms with Gasteiger partial charge in [0.05, 0.1) is 12.1 Å². The number of ether oxygens (including phenoxy) is 1. The van der Waals surface area contributed by atoms with Crippen LogP contribution in [0.15, 0.2) is 24.3 Å². The Balaban J connectivity index is 2.40. The van der Waals surface area contributed by atoms with Gasteiger partial charge in [0.2, 0.25) is 0 Å². The first kappa shape index (κ1) is 17.4. The zero-order valence-corrected chi connectivity index (χ0v) is 14.3. The highest BCUT2D eigenvalue weighted by Crippen LogP contribution is 2.38. The van der Waals surface area contributed by atoms with Crippen LogP contribution in [-0.4, -0.2) is 28.4 Å². The van der Waals surface area contributed by atoms with Crippen molar-refractivity contribution in [3.63, 3.8) is 0 Å². The molecule has 5 heteroatoms. The second kappa shape index (κ2) is 6.30. The number of rotatable bonds is 2. The molecule has 23 heavy (non-hydrogen) atoms. The number of ketones is 1. The number of carbonyl (C=O) groups is 2. The Morgan fingerprint density at radius 1 is 1.35 bits per heavy atom. The van der Waals surface area contributed by atoms with Crippen LogP contribution in [0.5, 0.6) is 0 Å². The molecule has 1 heterocycles. The first-order valence-electron chi connectivity index (χ1n) is 7.89. The van der Waals surface area contributed by atoms with Crippen LogP contribution < -0.4 is 0 Å². The maximum absolute atomic E-state index is 13.6. The molecular weight excluding hydrogens is 297 g/mol. The van der Waals surface area contributed by atoms with Gasteiger partial charge in [-0.15, -0.1) is 0 Å². The molecule has 0 radical (unpaired) electrons. The summed E-state index contributed by atoms with van der Waals surface area (Å²) >= 11 is 0. The quantitative estimate of drug-likeness (QED) is 0.824. The lowest BCUT2D eigenvalue weighted by Crippen LogP contribution is -2.45. The fraction of sp³-hybridized carbons (Fsp3) is 0.556. The minimum absolute atomic E-state index is 0.0138. The van der Waals surface area contributed by atoms with Crippen LogP contribution in [0.4, 0.5) is 9.18 Å². The standard InChI is InChI=1S/C18H24FNO3/c1-11(2)16-15(21)10-14(12-7-6-8-13(19)9-12)20(16)17(22)23-18(3,4)5/h6-9,11,14,16H,10H2,1-5H3. The topological polar surface area (TPSA) is 46.6 Å². The normalized spacial score (nSPS) is 21.9. The maximum Gasteiger partial charge on any atom is 0.411 e. The molecule has 2 unspecified atom stereocenters. The van der Waals surface area contributed by atoms with Crippen molar-refractivity contribution >= 4 is 11.9 Å². The van der Waals surface area contributed by atoms with Gasteiger partial charge < -0.3 is 4.74 Å². The average Bonchev–Trinajstić information content (AvgIpc) is 2.74. The van der Waals surface area contributed by atoms with Crippen LogP contribution in [0.2, 0.25) is 0 Å². The van der Waals surface area contributed by atoms with E-state index < -0.39 is 23.8 Å². The van der Waals surface area contributed by atoms with Gasteiger partial charge in [-0.25, -0.2) is 9.18 Å². The summed E-state index contributed by atoms with van der Waals surface area (Å²) in [5, 5.41) is 0. The van der Waals surface area contributed by atoms with Crippen LogP contribution in [0.3, 0.4) is 0 Å².